The molecule has 0 spiro atoms. The standard InChI is InChI=1S/C22H24N2O2S/c1-2-3-13-24-21(26)20(14-17-9-11-19(16-25)12-10-17)27-22(24)23-15-18-7-5-4-6-8-18/h4-12,14,25H,2-3,13,15-16H2,1H3/b20-14-,23-22-. The molecule has 0 atom stereocenters. The lowest BCUT2D eigenvalue weighted by molar-refractivity contribution is -0.122. The normalized spacial score (nSPS) is 17.3. The second-order valence-electron chi connectivity index (χ2n) is 6.41. The summed E-state index contributed by atoms with van der Waals surface area (Å²) in [6, 6.07) is 17.6. The number of amidine groups is 1. The number of hydrogen-bond donors (Lipinski definition) is 1. The van der Waals surface area contributed by atoms with Crippen molar-refractivity contribution in [3.05, 3.63) is 76.2 Å². The number of aliphatic hydroxyl groups excluding tert-OH is 1. The molecule has 0 aromatic heterocycles. The van der Waals surface area contributed by atoms with Gasteiger partial charge in [-0.1, -0.05) is 67.9 Å². The van der Waals surface area contributed by atoms with Crippen LogP contribution in [0, 0.1) is 0 Å². The maximum absolute atomic E-state index is 12.9. The van der Waals surface area contributed by atoms with Crippen LogP contribution in [0.2, 0.25) is 0 Å². The van der Waals surface area contributed by atoms with E-state index in [1.807, 2.05) is 60.7 Å². The Labute approximate surface area is 164 Å². The molecule has 1 N–H and O–H groups in total. The minimum absolute atomic E-state index is 0.0195. The zero-order chi connectivity index (χ0) is 19.1. The minimum atomic E-state index is 0.0195. The zero-order valence-electron chi connectivity index (χ0n) is 15.5. The Bertz CT molecular complexity index is 829. The van der Waals surface area contributed by atoms with E-state index in [0.29, 0.717) is 18.0 Å². The molecule has 1 heterocycles. The van der Waals surface area contributed by atoms with E-state index in [4.69, 9.17) is 10.1 Å². The van der Waals surface area contributed by atoms with Crippen LogP contribution < -0.4 is 0 Å². The van der Waals surface area contributed by atoms with Gasteiger partial charge in [-0.15, -0.1) is 0 Å². The molecule has 4 nitrogen and oxygen atoms in total. The Morgan fingerprint density at radius 2 is 1.81 bits per heavy atom. The quantitative estimate of drug-likeness (QED) is 0.722. The van der Waals surface area contributed by atoms with E-state index >= 15 is 0 Å². The van der Waals surface area contributed by atoms with Crippen molar-refractivity contribution < 1.29 is 9.90 Å². The monoisotopic (exact) mass is 380 g/mol. The van der Waals surface area contributed by atoms with Crippen LogP contribution in [0.5, 0.6) is 0 Å². The van der Waals surface area contributed by atoms with E-state index < -0.39 is 0 Å². The Morgan fingerprint density at radius 1 is 1.07 bits per heavy atom. The Kier molecular flexibility index (Phi) is 6.85. The summed E-state index contributed by atoms with van der Waals surface area (Å²) in [5.41, 5.74) is 2.94. The maximum Gasteiger partial charge on any atom is 0.266 e. The highest BCUT2D eigenvalue weighted by atomic mass is 32.2. The highest BCUT2D eigenvalue weighted by molar-refractivity contribution is 8.18. The van der Waals surface area contributed by atoms with Crippen molar-refractivity contribution in [3.8, 4) is 0 Å². The van der Waals surface area contributed by atoms with Crippen molar-refractivity contribution in [3.63, 3.8) is 0 Å². The minimum Gasteiger partial charge on any atom is -0.392 e. The molecule has 27 heavy (non-hydrogen) atoms. The van der Waals surface area contributed by atoms with Crippen molar-refractivity contribution in [1.82, 2.24) is 4.90 Å². The van der Waals surface area contributed by atoms with Gasteiger partial charge in [0.05, 0.1) is 18.1 Å². The number of aliphatic hydroxyl groups is 1. The summed E-state index contributed by atoms with van der Waals surface area (Å²) >= 11 is 1.44. The van der Waals surface area contributed by atoms with Gasteiger partial charge in [-0.05, 0) is 40.9 Å². The molecule has 2 aromatic rings. The number of unbranched alkanes of at least 4 members (excludes halogenated alkanes) is 1. The lowest BCUT2D eigenvalue weighted by Crippen LogP contribution is -2.30. The highest BCUT2D eigenvalue weighted by Crippen LogP contribution is 2.33. The fraction of sp³-hybridized carbons (Fsp3) is 0.273. The molecule has 3 rings (SSSR count). The van der Waals surface area contributed by atoms with Gasteiger partial charge < -0.3 is 5.11 Å². The average Bonchev–Trinajstić information content (AvgIpc) is 3.00. The van der Waals surface area contributed by atoms with Crippen molar-refractivity contribution in [2.45, 2.75) is 32.9 Å². The summed E-state index contributed by atoms with van der Waals surface area (Å²) in [6.45, 7) is 3.40. The van der Waals surface area contributed by atoms with E-state index in [-0.39, 0.29) is 12.5 Å². The molecular formula is C22H24N2O2S. The number of amides is 1. The largest absolute Gasteiger partial charge is 0.392 e. The van der Waals surface area contributed by atoms with Gasteiger partial charge in [0.2, 0.25) is 0 Å². The first kappa shape index (κ1) is 19.4. The molecular weight excluding hydrogens is 356 g/mol. The number of nitrogens with zero attached hydrogens (tertiary/aromatic N) is 2. The van der Waals surface area contributed by atoms with Gasteiger partial charge in [0.25, 0.3) is 5.91 Å². The number of carbonyl (C=O) groups is 1. The van der Waals surface area contributed by atoms with E-state index in [0.717, 1.165) is 34.7 Å². The van der Waals surface area contributed by atoms with E-state index in [1.54, 1.807) is 4.90 Å². The first-order valence-corrected chi connectivity index (χ1v) is 10.0. The Balaban J connectivity index is 1.81. The van der Waals surface area contributed by atoms with Crippen LogP contribution in [-0.2, 0) is 17.9 Å². The van der Waals surface area contributed by atoms with Crippen molar-refractivity contribution in [2.75, 3.05) is 6.54 Å². The molecule has 0 radical (unpaired) electrons. The third kappa shape index (κ3) is 5.08. The highest BCUT2D eigenvalue weighted by Gasteiger charge is 2.32. The molecule has 2 aromatic carbocycles. The number of thioether (sulfide) groups is 1. The zero-order valence-corrected chi connectivity index (χ0v) is 16.3. The van der Waals surface area contributed by atoms with Crippen LogP contribution in [0.3, 0.4) is 0 Å². The lowest BCUT2D eigenvalue weighted by Gasteiger charge is -2.14. The molecule has 0 saturated carbocycles. The summed E-state index contributed by atoms with van der Waals surface area (Å²) in [7, 11) is 0. The molecule has 140 valence electrons. The number of hydrogen-bond acceptors (Lipinski definition) is 4. The Hall–Kier alpha value is -2.37. The number of rotatable bonds is 7. The van der Waals surface area contributed by atoms with Crippen LogP contribution in [0.4, 0.5) is 0 Å². The third-order valence-corrected chi connectivity index (χ3v) is 5.37. The number of carbonyl (C=O) groups excluding carboxylic acids is 1. The molecule has 1 aliphatic rings. The summed E-state index contributed by atoms with van der Waals surface area (Å²) in [6.07, 6.45) is 3.88. The van der Waals surface area contributed by atoms with E-state index in [2.05, 4.69) is 6.92 Å². The fourth-order valence-electron chi connectivity index (χ4n) is 2.75. The molecule has 1 aliphatic heterocycles. The molecule has 1 amide bonds. The summed E-state index contributed by atoms with van der Waals surface area (Å²) in [5, 5.41) is 9.94. The van der Waals surface area contributed by atoms with Crippen molar-refractivity contribution >= 4 is 28.9 Å². The van der Waals surface area contributed by atoms with Crippen LogP contribution in [0.1, 0.15) is 36.5 Å². The molecule has 0 unspecified atom stereocenters. The second-order valence-corrected chi connectivity index (χ2v) is 7.41. The van der Waals surface area contributed by atoms with Crippen LogP contribution >= 0.6 is 11.8 Å². The van der Waals surface area contributed by atoms with Crippen molar-refractivity contribution in [2.24, 2.45) is 4.99 Å². The molecule has 1 saturated heterocycles. The summed E-state index contributed by atoms with van der Waals surface area (Å²) in [4.78, 5) is 20.1. The van der Waals surface area contributed by atoms with Crippen LogP contribution in [0.15, 0.2) is 64.5 Å². The number of aliphatic imine (C=N–C) groups is 1. The lowest BCUT2D eigenvalue weighted by atomic mass is 10.1. The van der Waals surface area contributed by atoms with E-state index in [1.165, 1.54) is 11.8 Å². The van der Waals surface area contributed by atoms with Gasteiger partial charge in [0, 0.05) is 6.54 Å². The molecule has 0 bridgehead atoms. The predicted octanol–water partition coefficient (Wildman–Crippen LogP) is 4.45. The van der Waals surface area contributed by atoms with Gasteiger partial charge in [-0.25, -0.2) is 0 Å². The van der Waals surface area contributed by atoms with Gasteiger partial charge in [-0.3, -0.25) is 14.7 Å². The topological polar surface area (TPSA) is 52.9 Å². The third-order valence-electron chi connectivity index (χ3n) is 4.32. The second kappa shape index (κ2) is 9.53. The van der Waals surface area contributed by atoms with Gasteiger partial charge >= 0.3 is 0 Å². The average molecular weight is 381 g/mol. The predicted molar refractivity (Wildman–Crippen MR) is 112 cm³/mol. The Morgan fingerprint density at radius 3 is 2.48 bits per heavy atom. The fourth-order valence-corrected chi connectivity index (χ4v) is 3.75. The first-order chi connectivity index (χ1) is 13.2. The van der Waals surface area contributed by atoms with E-state index in [9.17, 15) is 4.79 Å². The van der Waals surface area contributed by atoms with Gasteiger partial charge in [0.1, 0.15) is 0 Å². The van der Waals surface area contributed by atoms with Crippen LogP contribution in [0.25, 0.3) is 6.08 Å². The summed E-state index contributed by atoms with van der Waals surface area (Å²) < 4.78 is 0. The smallest absolute Gasteiger partial charge is 0.266 e. The molecule has 0 aliphatic carbocycles. The van der Waals surface area contributed by atoms with Crippen molar-refractivity contribution in [1.29, 1.82) is 0 Å². The summed E-state index contributed by atoms with van der Waals surface area (Å²) in [5.74, 6) is 0.0199. The number of benzene rings is 2. The van der Waals surface area contributed by atoms with Gasteiger partial charge in [0.15, 0.2) is 5.17 Å². The molecule has 1 fully saturated rings. The van der Waals surface area contributed by atoms with Gasteiger partial charge in [-0.2, -0.15) is 0 Å². The van der Waals surface area contributed by atoms with Crippen LogP contribution in [-0.4, -0.2) is 27.6 Å². The molecule has 5 heteroatoms. The maximum atomic E-state index is 12.9. The first-order valence-electron chi connectivity index (χ1n) is 9.21. The SMILES string of the molecule is CCCCN1C(=O)/C(=C/c2ccc(CO)cc2)S/C1=N\Cc1ccccc1.